The first kappa shape index (κ1) is 16.3. The first-order valence-electron chi connectivity index (χ1n) is 9.14. The van der Waals surface area contributed by atoms with Crippen molar-refractivity contribution in [2.75, 3.05) is 19.6 Å². The molecule has 0 spiro atoms. The van der Waals surface area contributed by atoms with Gasteiger partial charge in [-0.15, -0.1) is 0 Å². The summed E-state index contributed by atoms with van der Waals surface area (Å²) in [4.78, 5) is 2.70. The summed E-state index contributed by atoms with van der Waals surface area (Å²) in [5, 5.41) is 3.83. The van der Waals surface area contributed by atoms with E-state index in [0.717, 1.165) is 23.9 Å². The van der Waals surface area contributed by atoms with Gasteiger partial charge >= 0.3 is 0 Å². The SMILES string of the molecule is CC(C)C1CCCC(NCCCN2CCCCC2C)C1. The van der Waals surface area contributed by atoms with Crippen LogP contribution in [0.4, 0.5) is 0 Å². The highest BCUT2D eigenvalue weighted by Crippen LogP contribution is 2.29. The topological polar surface area (TPSA) is 15.3 Å². The van der Waals surface area contributed by atoms with Crippen LogP contribution in [-0.2, 0) is 0 Å². The molecule has 1 aliphatic heterocycles. The summed E-state index contributed by atoms with van der Waals surface area (Å²) in [5.74, 6) is 1.83. The molecule has 2 heteroatoms. The Labute approximate surface area is 126 Å². The molecule has 3 atom stereocenters. The summed E-state index contributed by atoms with van der Waals surface area (Å²) in [6.45, 7) is 11.0. The van der Waals surface area contributed by atoms with Crippen LogP contribution in [0.2, 0.25) is 0 Å². The standard InChI is InChI=1S/C18H36N2/c1-15(2)17-9-6-10-18(14-17)19-11-7-13-20-12-5-4-8-16(20)3/h15-19H,4-14H2,1-3H3. The molecule has 0 aromatic heterocycles. The summed E-state index contributed by atoms with van der Waals surface area (Å²) in [6.07, 6.45) is 11.3. The minimum absolute atomic E-state index is 0.801. The second-order valence-corrected chi connectivity index (χ2v) is 7.56. The molecule has 1 heterocycles. The van der Waals surface area contributed by atoms with Crippen LogP contribution < -0.4 is 5.32 Å². The van der Waals surface area contributed by atoms with Crippen molar-refractivity contribution in [3.05, 3.63) is 0 Å². The molecule has 0 aromatic carbocycles. The van der Waals surface area contributed by atoms with Gasteiger partial charge in [-0.2, -0.15) is 0 Å². The maximum absolute atomic E-state index is 3.83. The maximum Gasteiger partial charge on any atom is 0.00698 e. The van der Waals surface area contributed by atoms with Gasteiger partial charge in [0.2, 0.25) is 0 Å². The predicted octanol–water partition coefficient (Wildman–Crippen LogP) is 4.06. The minimum atomic E-state index is 0.801. The fraction of sp³-hybridized carbons (Fsp3) is 1.00. The summed E-state index contributed by atoms with van der Waals surface area (Å²) in [7, 11) is 0. The zero-order valence-corrected chi connectivity index (χ0v) is 14.0. The highest BCUT2D eigenvalue weighted by molar-refractivity contribution is 4.80. The van der Waals surface area contributed by atoms with Crippen LogP contribution in [-0.4, -0.2) is 36.6 Å². The lowest BCUT2D eigenvalue weighted by Gasteiger charge is -2.34. The number of hydrogen-bond acceptors (Lipinski definition) is 2. The summed E-state index contributed by atoms with van der Waals surface area (Å²) < 4.78 is 0. The van der Waals surface area contributed by atoms with E-state index in [1.807, 2.05) is 0 Å². The van der Waals surface area contributed by atoms with Gasteiger partial charge in [0.1, 0.15) is 0 Å². The molecule has 20 heavy (non-hydrogen) atoms. The molecule has 1 saturated carbocycles. The summed E-state index contributed by atoms with van der Waals surface area (Å²) >= 11 is 0. The van der Waals surface area contributed by atoms with Crippen LogP contribution in [0, 0.1) is 11.8 Å². The van der Waals surface area contributed by atoms with Gasteiger partial charge < -0.3 is 10.2 Å². The lowest BCUT2D eigenvalue weighted by Crippen LogP contribution is -2.40. The molecule has 2 aliphatic rings. The Morgan fingerprint density at radius 2 is 1.95 bits per heavy atom. The van der Waals surface area contributed by atoms with Crippen molar-refractivity contribution in [3.8, 4) is 0 Å². The van der Waals surface area contributed by atoms with E-state index in [4.69, 9.17) is 0 Å². The molecule has 118 valence electrons. The normalized spacial score (nSPS) is 32.7. The Balaban J connectivity index is 1.58. The quantitative estimate of drug-likeness (QED) is 0.738. The van der Waals surface area contributed by atoms with Crippen molar-refractivity contribution in [3.63, 3.8) is 0 Å². The zero-order chi connectivity index (χ0) is 14.4. The first-order valence-corrected chi connectivity index (χ1v) is 9.14. The van der Waals surface area contributed by atoms with Crippen molar-refractivity contribution in [2.24, 2.45) is 11.8 Å². The fourth-order valence-electron chi connectivity index (χ4n) is 4.10. The van der Waals surface area contributed by atoms with Gasteiger partial charge in [-0.1, -0.05) is 33.1 Å². The second-order valence-electron chi connectivity index (χ2n) is 7.56. The Morgan fingerprint density at radius 1 is 1.10 bits per heavy atom. The Bertz CT molecular complexity index is 264. The molecule has 0 aromatic rings. The van der Waals surface area contributed by atoms with Crippen LogP contribution in [0.25, 0.3) is 0 Å². The van der Waals surface area contributed by atoms with Crippen molar-refractivity contribution in [2.45, 2.75) is 84.2 Å². The van der Waals surface area contributed by atoms with E-state index in [0.29, 0.717) is 0 Å². The van der Waals surface area contributed by atoms with E-state index in [9.17, 15) is 0 Å². The molecule has 3 unspecified atom stereocenters. The molecule has 0 bridgehead atoms. The van der Waals surface area contributed by atoms with Crippen LogP contribution >= 0.6 is 0 Å². The molecule has 2 fully saturated rings. The van der Waals surface area contributed by atoms with Gasteiger partial charge in [0, 0.05) is 12.1 Å². The summed E-state index contributed by atoms with van der Waals surface area (Å²) in [5.41, 5.74) is 0. The van der Waals surface area contributed by atoms with Crippen molar-refractivity contribution in [1.29, 1.82) is 0 Å². The molecule has 2 rings (SSSR count). The average molecular weight is 280 g/mol. The molecule has 1 aliphatic carbocycles. The van der Waals surface area contributed by atoms with Crippen LogP contribution in [0.1, 0.15) is 72.1 Å². The lowest BCUT2D eigenvalue weighted by molar-refractivity contribution is 0.157. The molecule has 0 radical (unpaired) electrons. The number of likely N-dealkylation sites (tertiary alicyclic amines) is 1. The van der Waals surface area contributed by atoms with E-state index in [1.165, 1.54) is 71.0 Å². The largest absolute Gasteiger partial charge is 0.314 e. The lowest BCUT2D eigenvalue weighted by atomic mass is 9.79. The van der Waals surface area contributed by atoms with Crippen molar-refractivity contribution in [1.82, 2.24) is 10.2 Å². The van der Waals surface area contributed by atoms with E-state index in [1.54, 1.807) is 0 Å². The first-order chi connectivity index (χ1) is 9.66. The molecular weight excluding hydrogens is 244 g/mol. The van der Waals surface area contributed by atoms with Gasteiger partial charge in [0.15, 0.2) is 0 Å². The van der Waals surface area contributed by atoms with E-state index >= 15 is 0 Å². The van der Waals surface area contributed by atoms with Crippen molar-refractivity contribution < 1.29 is 0 Å². The molecular formula is C18H36N2. The number of nitrogens with one attached hydrogen (secondary N) is 1. The minimum Gasteiger partial charge on any atom is -0.314 e. The van der Waals surface area contributed by atoms with Gasteiger partial charge in [-0.05, 0) is 70.5 Å². The Morgan fingerprint density at radius 3 is 2.70 bits per heavy atom. The van der Waals surface area contributed by atoms with Crippen LogP contribution in [0.3, 0.4) is 0 Å². The van der Waals surface area contributed by atoms with E-state index < -0.39 is 0 Å². The number of nitrogens with zero attached hydrogens (tertiary/aromatic N) is 1. The monoisotopic (exact) mass is 280 g/mol. The van der Waals surface area contributed by atoms with Crippen molar-refractivity contribution >= 4 is 0 Å². The van der Waals surface area contributed by atoms with Gasteiger partial charge in [0.25, 0.3) is 0 Å². The predicted molar refractivity (Wildman–Crippen MR) is 88.1 cm³/mol. The number of piperidine rings is 1. The third-order valence-corrected chi connectivity index (χ3v) is 5.65. The number of rotatable bonds is 6. The van der Waals surface area contributed by atoms with Crippen LogP contribution in [0.5, 0.6) is 0 Å². The van der Waals surface area contributed by atoms with Gasteiger partial charge in [-0.25, -0.2) is 0 Å². The third-order valence-electron chi connectivity index (χ3n) is 5.65. The van der Waals surface area contributed by atoms with Gasteiger partial charge in [-0.3, -0.25) is 0 Å². The van der Waals surface area contributed by atoms with Gasteiger partial charge in [0.05, 0.1) is 0 Å². The highest BCUT2D eigenvalue weighted by Gasteiger charge is 2.23. The maximum atomic E-state index is 3.83. The molecule has 1 saturated heterocycles. The number of hydrogen-bond donors (Lipinski definition) is 1. The smallest absolute Gasteiger partial charge is 0.00698 e. The van der Waals surface area contributed by atoms with E-state index in [-0.39, 0.29) is 0 Å². The third kappa shape index (κ3) is 5.04. The average Bonchev–Trinajstić information content (AvgIpc) is 2.45. The summed E-state index contributed by atoms with van der Waals surface area (Å²) in [6, 6.07) is 1.62. The molecule has 0 amide bonds. The zero-order valence-electron chi connectivity index (χ0n) is 14.0. The molecule has 2 nitrogen and oxygen atoms in total. The Kier molecular flexibility index (Phi) is 6.83. The highest BCUT2D eigenvalue weighted by atomic mass is 15.2. The molecule has 1 N–H and O–H groups in total. The second kappa shape index (κ2) is 8.38. The van der Waals surface area contributed by atoms with E-state index in [2.05, 4.69) is 31.0 Å². The Hall–Kier alpha value is -0.0800. The van der Waals surface area contributed by atoms with Crippen LogP contribution in [0.15, 0.2) is 0 Å². The fourth-order valence-corrected chi connectivity index (χ4v) is 4.10.